The molecule has 10 heteroatoms. The molecular formula is C18H18F3N5O2. The fourth-order valence-corrected chi connectivity index (χ4v) is 2.93. The number of aromatic nitrogens is 1. The summed E-state index contributed by atoms with van der Waals surface area (Å²) in [6, 6.07) is 5.98. The van der Waals surface area contributed by atoms with Gasteiger partial charge in [-0.2, -0.15) is 0 Å². The first-order chi connectivity index (χ1) is 13.2. The molecule has 2 amide bonds. The monoisotopic (exact) mass is 393 g/mol. The smallest absolute Gasteiger partial charge is 0.272 e. The minimum Gasteiger partial charge on any atom is -0.396 e. The molecule has 3 rings (SSSR count). The minimum atomic E-state index is -1.91. The molecule has 2 aromatic rings. The Bertz CT molecular complexity index is 939. The van der Waals surface area contributed by atoms with Gasteiger partial charge in [0.25, 0.3) is 11.8 Å². The number of amides is 2. The number of carbonyl (C=O) groups is 2. The Hall–Kier alpha value is -3.30. The molecule has 0 aliphatic carbocycles. The van der Waals surface area contributed by atoms with E-state index >= 15 is 0 Å². The Morgan fingerprint density at radius 2 is 1.96 bits per heavy atom. The number of nitrogens with one attached hydrogen (secondary N) is 1. The lowest BCUT2D eigenvalue weighted by Gasteiger charge is -2.21. The summed E-state index contributed by atoms with van der Waals surface area (Å²) in [4.78, 5) is 29.6. The Kier molecular flexibility index (Phi) is 5.12. The molecule has 0 bridgehead atoms. The summed E-state index contributed by atoms with van der Waals surface area (Å²) in [5.41, 5.74) is 8.97. The number of nitrogens with two attached hydrogens (primary N) is 2. The second-order valence-corrected chi connectivity index (χ2v) is 6.58. The van der Waals surface area contributed by atoms with Crippen molar-refractivity contribution in [3.63, 3.8) is 0 Å². The number of hydrogen-bond acceptors (Lipinski definition) is 5. The third-order valence-electron chi connectivity index (χ3n) is 4.53. The highest BCUT2D eigenvalue weighted by Gasteiger charge is 2.41. The van der Waals surface area contributed by atoms with Crippen LogP contribution in [0.4, 0.5) is 24.7 Å². The fourth-order valence-electron chi connectivity index (χ4n) is 2.93. The number of rotatable bonds is 4. The van der Waals surface area contributed by atoms with E-state index < -0.39 is 41.2 Å². The normalized spacial score (nSPS) is 18.9. The second-order valence-electron chi connectivity index (χ2n) is 6.58. The predicted octanol–water partition coefficient (Wildman–Crippen LogP) is 1.51. The van der Waals surface area contributed by atoms with Gasteiger partial charge in [-0.25, -0.2) is 18.2 Å². The molecule has 2 heterocycles. The van der Waals surface area contributed by atoms with Crippen molar-refractivity contribution in [2.24, 2.45) is 0 Å². The maximum absolute atomic E-state index is 15.0. The Morgan fingerprint density at radius 3 is 2.68 bits per heavy atom. The Morgan fingerprint density at radius 1 is 1.21 bits per heavy atom. The molecule has 1 atom stereocenters. The molecule has 1 aromatic carbocycles. The Labute approximate surface area is 158 Å². The molecule has 148 valence electrons. The predicted molar refractivity (Wildman–Crippen MR) is 96.1 cm³/mol. The van der Waals surface area contributed by atoms with Crippen molar-refractivity contribution in [2.75, 3.05) is 31.1 Å². The topological polar surface area (TPSA) is 114 Å². The zero-order valence-electron chi connectivity index (χ0n) is 14.7. The van der Waals surface area contributed by atoms with E-state index in [1.807, 2.05) is 0 Å². The van der Waals surface area contributed by atoms with E-state index in [1.165, 1.54) is 23.1 Å². The summed E-state index contributed by atoms with van der Waals surface area (Å²) >= 11 is 0. The van der Waals surface area contributed by atoms with Crippen LogP contribution in [0.2, 0.25) is 0 Å². The summed E-state index contributed by atoms with van der Waals surface area (Å²) in [5, 5.41) is 2.25. The van der Waals surface area contributed by atoms with Crippen LogP contribution in [0.1, 0.15) is 27.3 Å². The summed E-state index contributed by atoms with van der Waals surface area (Å²) in [6.07, 6.45) is -0.0326. The van der Waals surface area contributed by atoms with Gasteiger partial charge in [0, 0.05) is 13.0 Å². The van der Waals surface area contributed by atoms with Crippen molar-refractivity contribution in [2.45, 2.75) is 12.1 Å². The van der Waals surface area contributed by atoms with Gasteiger partial charge >= 0.3 is 0 Å². The van der Waals surface area contributed by atoms with Crippen molar-refractivity contribution in [1.82, 2.24) is 15.2 Å². The molecule has 0 saturated carbocycles. The lowest BCUT2D eigenvalue weighted by atomic mass is 10.1. The van der Waals surface area contributed by atoms with Crippen LogP contribution in [0.15, 0.2) is 30.3 Å². The molecule has 1 aromatic heterocycles. The number of anilines is 2. The van der Waals surface area contributed by atoms with E-state index in [0.717, 1.165) is 12.1 Å². The van der Waals surface area contributed by atoms with Crippen LogP contribution in [0.5, 0.6) is 0 Å². The van der Waals surface area contributed by atoms with Gasteiger partial charge in [-0.1, -0.05) is 6.07 Å². The van der Waals surface area contributed by atoms with Gasteiger partial charge in [0.05, 0.1) is 24.3 Å². The lowest BCUT2D eigenvalue weighted by Crippen LogP contribution is -2.43. The minimum absolute atomic E-state index is 0.000872. The summed E-state index contributed by atoms with van der Waals surface area (Å²) in [6.45, 7) is -0.641. The maximum Gasteiger partial charge on any atom is 0.272 e. The SMILES string of the molecule is Nc1ccc(C(=O)N2CCC(F)(CNC(=O)c3cccc(F)c3F)C2)nc1N. The third-order valence-corrected chi connectivity index (χ3v) is 4.53. The van der Waals surface area contributed by atoms with E-state index in [9.17, 15) is 22.8 Å². The Balaban J connectivity index is 1.63. The molecule has 1 aliphatic heterocycles. The zero-order valence-corrected chi connectivity index (χ0v) is 14.7. The molecule has 0 spiro atoms. The number of carbonyl (C=O) groups excluding carboxylic acids is 2. The molecule has 0 radical (unpaired) electrons. The van der Waals surface area contributed by atoms with Gasteiger partial charge in [0.1, 0.15) is 17.2 Å². The molecule has 7 nitrogen and oxygen atoms in total. The van der Waals surface area contributed by atoms with E-state index in [0.29, 0.717) is 0 Å². The highest BCUT2D eigenvalue weighted by molar-refractivity contribution is 5.95. The number of pyridine rings is 1. The first-order valence-electron chi connectivity index (χ1n) is 8.42. The van der Waals surface area contributed by atoms with Crippen molar-refractivity contribution in [1.29, 1.82) is 0 Å². The number of alkyl halides is 1. The van der Waals surface area contributed by atoms with Gasteiger partial charge < -0.3 is 21.7 Å². The number of halogens is 3. The van der Waals surface area contributed by atoms with Crippen LogP contribution in [0.3, 0.4) is 0 Å². The van der Waals surface area contributed by atoms with E-state index in [-0.39, 0.29) is 36.7 Å². The highest BCUT2D eigenvalue weighted by atomic mass is 19.2. The fraction of sp³-hybridized carbons (Fsp3) is 0.278. The van der Waals surface area contributed by atoms with Crippen LogP contribution >= 0.6 is 0 Å². The number of benzene rings is 1. The van der Waals surface area contributed by atoms with Crippen molar-refractivity contribution >= 4 is 23.3 Å². The maximum atomic E-state index is 15.0. The van der Waals surface area contributed by atoms with Crippen LogP contribution in [0, 0.1) is 11.6 Å². The first kappa shape index (κ1) is 19.5. The lowest BCUT2D eigenvalue weighted by molar-refractivity contribution is 0.0740. The molecule has 5 N–H and O–H groups in total. The van der Waals surface area contributed by atoms with Crippen molar-refractivity contribution in [3.05, 3.63) is 53.2 Å². The van der Waals surface area contributed by atoms with Gasteiger partial charge in [0.15, 0.2) is 11.6 Å². The van der Waals surface area contributed by atoms with E-state index in [4.69, 9.17) is 11.5 Å². The second kappa shape index (κ2) is 7.37. The average Bonchev–Trinajstić information content (AvgIpc) is 3.06. The van der Waals surface area contributed by atoms with Crippen LogP contribution in [-0.4, -0.2) is 47.0 Å². The van der Waals surface area contributed by atoms with E-state index in [2.05, 4.69) is 10.3 Å². The number of nitrogens with zero attached hydrogens (tertiary/aromatic N) is 2. The quantitative estimate of drug-likeness (QED) is 0.729. The molecule has 1 fully saturated rings. The van der Waals surface area contributed by atoms with Gasteiger partial charge in [-0.3, -0.25) is 9.59 Å². The van der Waals surface area contributed by atoms with Crippen LogP contribution in [-0.2, 0) is 0 Å². The van der Waals surface area contributed by atoms with Crippen molar-refractivity contribution < 1.29 is 22.8 Å². The van der Waals surface area contributed by atoms with Crippen LogP contribution in [0.25, 0.3) is 0 Å². The van der Waals surface area contributed by atoms with Gasteiger partial charge in [0.2, 0.25) is 0 Å². The first-order valence-corrected chi connectivity index (χ1v) is 8.42. The van der Waals surface area contributed by atoms with Crippen LogP contribution < -0.4 is 16.8 Å². The van der Waals surface area contributed by atoms with Gasteiger partial charge in [-0.05, 0) is 24.3 Å². The molecule has 1 saturated heterocycles. The molecular weight excluding hydrogens is 375 g/mol. The summed E-state index contributed by atoms with van der Waals surface area (Å²) in [5.74, 6) is -3.93. The van der Waals surface area contributed by atoms with Crippen molar-refractivity contribution in [3.8, 4) is 0 Å². The number of likely N-dealkylation sites (tertiary alicyclic amines) is 1. The number of hydrogen-bond donors (Lipinski definition) is 3. The summed E-state index contributed by atoms with van der Waals surface area (Å²) in [7, 11) is 0. The van der Waals surface area contributed by atoms with Gasteiger partial charge in [-0.15, -0.1) is 0 Å². The highest BCUT2D eigenvalue weighted by Crippen LogP contribution is 2.27. The van der Waals surface area contributed by atoms with E-state index in [1.54, 1.807) is 0 Å². The summed E-state index contributed by atoms with van der Waals surface area (Å²) < 4.78 is 41.9. The molecule has 1 aliphatic rings. The zero-order chi connectivity index (χ0) is 20.5. The molecule has 1 unspecified atom stereocenters. The molecule has 28 heavy (non-hydrogen) atoms. The standard InChI is InChI=1S/C18H18F3N5O2/c19-11-3-1-2-10(14(11)20)16(27)24-8-18(21)6-7-26(9-18)17(28)13-5-4-12(22)15(23)25-13/h1-5H,6-9,22H2,(H2,23,25)(H,24,27). The largest absolute Gasteiger partial charge is 0.396 e. The number of nitrogen functional groups attached to an aromatic ring is 2. The third kappa shape index (κ3) is 3.85. The average molecular weight is 393 g/mol.